The average Bonchev–Trinajstić information content (AvgIpc) is 2.49. The maximum Gasteiger partial charge on any atom is 0.332 e. The number of amidine groups is 1. The van der Waals surface area contributed by atoms with Crippen LogP contribution >= 0.6 is 0 Å². The molecule has 0 unspecified atom stereocenters. The maximum absolute atomic E-state index is 12.8. The first kappa shape index (κ1) is 14.2. The van der Waals surface area contributed by atoms with Crippen LogP contribution in [0.1, 0.15) is 5.56 Å². The Morgan fingerprint density at radius 3 is 2.67 bits per heavy atom. The Morgan fingerprint density at radius 2 is 2.10 bits per heavy atom. The molecule has 2 rings (SSSR count). The standard InChI is InChI=1S/C12H9FN4O4/c13-8-1-3-9(4-2-8)21-12-10(17(19)20)5-7(6-15-12)11(14)16-18/h1-6,18H,(H2,14,16). The SMILES string of the molecule is N/C(=N/O)c1cnc(Oc2ccc(F)cc2)c([N+](=O)[O-])c1. The van der Waals surface area contributed by atoms with Gasteiger partial charge in [0.1, 0.15) is 11.6 Å². The maximum atomic E-state index is 12.8. The van der Waals surface area contributed by atoms with Crippen LogP contribution in [0.15, 0.2) is 41.7 Å². The summed E-state index contributed by atoms with van der Waals surface area (Å²) in [6.45, 7) is 0. The molecule has 0 amide bonds. The van der Waals surface area contributed by atoms with Crippen LogP contribution in [0.25, 0.3) is 0 Å². The number of pyridine rings is 1. The van der Waals surface area contributed by atoms with Crippen molar-refractivity contribution in [3.63, 3.8) is 0 Å². The molecule has 0 atom stereocenters. The molecule has 0 aliphatic heterocycles. The summed E-state index contributed by atoms with van der Waals surface area (Å²) < 4.78 is 18.0. The zero-order valence-electron chi connectivity index (χ0n) is 10.4. The molecule has 2 aromatic rings. The summed E-state index contributed by atoms with van der Waals surface area (Å²) in [6.07, 6.45) is 1.15. The van der Waals surface area contributed by atoms with Gasteiger partial charge in [-0.3, -0.25) is 10.1 Å². The second-order valence-electron chi connectivity index (χ2n) is 3.85. The Kier molecular flexibility index (Phi) is 3.93. The summed E-state index contributed by atoms with van der Waals surface area (Å²) in [5, 5.41) is 22.3. The fraction of sp³-hybridized carbons (Fsp3) is 0. The van der Waals surface area contributed by atoms with E-state index in [1.165, 1.54) is 12.1 Å². The summed E-state index contributed by atoms with van der Waals surface area (Å²) >= 11 is 0. The minimum absolute atomic E-state index is 0.0654. The van der Waals surface area contributed by atoms with E-state index in [-0.39, 0.29) is 23.0 Å². The molecule has 0 saturated heterocycles. The van der Waals surface area contributed by atoms with E-state index in [2.05, 4.69) is 10.1 Å². The van der Waals surface area contributed by atoms with Gasteiger partial charge in [0.15, 0.2) is 5.84 Å². The highest BCUT2D eigenvalue weighted by atomic mass is 19.1. The minimum atomic E-state index is -0.722. The lowest BCUT2D eigenvalue weighted by atomic mass is 10.2. The lowest BCUT2D eigenvalue weighted by molar-refractivity contribution is -0.386. The van der Waals surface area contributed by atoms with Gasteiger partial charge in [-0.2, -0.15) is 0 Å². The fourth-order valence-electron chi connectivity index (χ4n) is 1.46. The third kappa shape index (κ3) is 3.21. The number of halogens is 1. The summed E-state index contributed by atoms with van der Waals surface area (Å²) in [4.78, 5) is 14.0. The third-order valence-electron chi connectivity index (χ3n) is 2.46. The molecule has 0 spiro atoms. The number of ether oxygens (including phenoxy) is 1. The zero-order valence-corrected chi connectivity index (χ0v) is 10.4. The number of hydrogen-bond donors (Lipinski definition) is 2. The Labute approximate surface area is 117 Å². The van der Waals surface area contributed by atoms with Crippen LogP contribution in [-0.2, 0) is 0 Å². The lowest BCUT2D eigenvalue weighted by Gasteiger charge is -2.06. The smallest absolute Gasteiger partial charge is 0.332 e. The Hall–Kier alpha value is -3.23. The van der Waals surface area contributed by atoms with Crippen LogP contribution in [0.2, 0.25) is 0 Å². The molecule has 9 heteroatoms. The quantitative estimate of drug-likeness (QED) is 0.292. The first-order chi connectivity index (χ1) is 10.0. The van der Waals surface area contributed by atoms with Crippen molar-refractivity contribution in [1.29, 1.82) is 0 Å². The second-order valence-corrected chi connectivity index (χ2v) is 3.85. The highest BCUT2D eigenvalue weighted by molar-refractivity contribution is 5.97. The molecular formula is C12H9FN4O4. The number of oxime groups is 1. The van der Waals surface area contributed by atoms with Gasteiger partial charge in [-0.25, -0.2) is 9.37 Å². The first-order valence-corrected chi connectivity index (χ1v) is 5.57. The molecule has 8 nitrogen and oxygen atoms in total. The van der Waals surface area contributed by atoms with Gasteiger partial charge in [-0.05, 0) is 24.3 Å². The predicted octanol–water partition coefficient (Wildman–Crippen LogP) is 2.02. The van der Waals surface area contributed by atoms with Crippen molar-refractivity contribution in [2.75, 3.05) is 0 Å². The van der Waals surface area contributed by atoms with E-state index in [1.807, 2.05) is 0 Å². The van der Waals surface area contributed by atoms with E-state index in [0.29, 0.717) is 0 Å². The van der Waals surface area contributed by atoms with Crippen LogP contribution in [-0.4, -0.2) is 21.0 Å². The minimum Gasteiger partial charge on any atom is -0.434 e. The van der Waals surface area contributed by atoms with Crippen LogP contribution in [0.3, 0.4) is 0 Å². The van der Waals surface area contributed by atoms with Crippen molar-refractivity contribution >= 4 is 11.5 Å². The Bertz CT molecular complexity index is 703. The molecule has 0 bridgehead atoms. The Morgan fingerprint density at radius 1 is 1.43 bits per heavy atom. The fourth-order valence-corrected chi connectivity index (χ4v) is 1.46. The molecule has 0 fully saturated rings. The molecule has 108 valence electrons. The number of nitrogens with two attached hydrogens (primary N) is 1. The molecule has 0 saturated carbocycles. The molecule has 0 aliphatic rings. The summed E-state index contributed by atoms with van der Waals surface area (Å²) in [5.74, 6) is -0.893. The third-order valence-corrected chi connectivity index (χ3v) is 2.46. The molecule has 1 heterocycles. The largest absolute Gasteiger partial charge is 0.434 e. The predicted molar refractivity (Wildman–Crippen MR) is 69.9 cm³/mol. The number of hydrogen-bond acceptors (Lipinski definition) is 6. The van der Waals surface area contributed by atoms with Crippen molar-refractivity contribution in [3.05, 3.63) is 58.0 Å². The zero-order chi connectivity index (χ0) is 15.4. The van der Waals surface area contributed by atoms with Crippen molar-refractivity contribution in [1.82, 2.24) is 4.98 Å². The van der Waals surface area contributed by atoms with E-state index < -0.39 is 16.4 Å². The van der Waals surface area contributed by atoms with Gasteiger partial charge < -0.3 is 15.7 Å². The van der Waals surface area contributed by atoms with Gasteiger partial charge >= 0.3 is 5.69 Å². The van der Waals surface area contributed by atoms with E-state index in [0.717, 1.165) is 24.4 Å². The summed E-state index contributed by atoms with van der Waals surface area (Å²) in [6, 6.07) is 5.95. The van der Waals surface area contributed by atoms with E-state index in [9.17, 15) is 14.5 Å². The van der Waals surface area contributed by atoms with Crippen LogP contribution < -0.4 is 10.5 Å². The number of aromatic nitrogens is 1. The highest BCUT2D eigenvalue weighted by Crippen LogP contribution is 2.29. The van der Waals surface area contributed by atoms with Crippen molar-refractivity contribution in [2.45, 2.75) is 0 Å². The molecule has 0 aliphatic carbocycles. The number of benzene rings is 1. The van der Waals surface area contributed by atoms with Crippen LogP contribution in [0.5, 0.6) is 11.6 Å². The summed E-state index contributed by atoms with van der Waals surface area (Å²) in [5.41, 5.74) is 4.93. The molecule has 1 aromatic heterocycles. The van der Waals surface area contributed by atoms with Crippen molar-refractivity contribution in [3.8, 4) is 11.6 Å². The monoisotopic (exact) mass is 292 g/mol. The van der Waals surface area contributed by atoms with Gasteiger partial charge in [0.2, 0.25) is 0 Å². The van der Waals surface area contributed by atoms with Crippen LogP contribution in [0.4, 0.5) is 10.1 Å². The molecular weight excluding hydrogens is 283 g/mol. The van der Waals surface area contributed by atoms with Gasteiger partial charge in [-0.1, -0.05) is 5.16 Å². The molecule has 3 N–H and O–H groups in total. The van der Waals surface area contributed by atoms with Crippen molar-refractivity contribution < 1.29 is 19.3 Å². The van der Waals surface area contributed by atoms with E-state index >= 15 is 0 Å². The van der Waals surface area contributed by atoms with Crippen LogP contribution in [0, 0.1) is 15.9 Å². The second kappa shape index (κ2) is 5.82. The van der Waals surface area contributed by atoms with Gasteiger partial charge in [0.25, 0.3) is 5.88 Å². The molecule has 1 aromatic carbocycles. The summed E-state index contributed by atoms with van der Waals surface area (Å²) in [7, 11) is 0. The molecule has 21 heavy (non-hydrogen) atoms. The van der Waals surface area contributed by atoms with E-state index in [4.69, 9.17) is 15.7 Å². The highest BCUT2D eigenvalue weighted by Gasteiger charge is 2.20. The Balaban J connectivity index is 2.39. The number of rotatable bonds is 4. The topological polar surface area (TPSA) is 124 Å². The van der Waals surface area contributed by atoms with Crippen molar-refractivity contribution in [2.24, 2.45) is 10.9 Å². The van der Waals surface area contributed by atoms with Gasteiger partial charge in [-0.15, -0.1) is 0 Å². The average molecular weight is 292 g/mol. The number of nitro groups is 1. The lowest BCUT2D eigenvalue weighted by Crippen LogP contribution is -2.14. The van der Waals surface area contributed by atoms with E-state index in [1.54, 1.807) is 0 Å². The molecule has 0 radical (unpaired) electrons. The first-order valence-electron chi connectivity index (χ1n) is 5.57. The number of nitrogens with zero attached hydrogens (tertiary/aromatic N) is 3. The normalized spacial score (nSPS) is 11.2. The van der Waals surface area contributed by atoms with Gasteiger partial charge in [0, 0.05) is 17.8 Å². The van der Waals surface area contributed by atoms with Gasteiger partial charge in [0.05, 0.1) is 4.92 Å².